The first-order valence-electron chi connectivity index (χ1n) is 4.15. The standard InChI is InChI=1S/C7H9N3O3S/c11-7(12)5-9-6(13-10-5)4-3-14-2-1-8-4/h4,8H,1-3H2,(H,11,12). The van der Waals surface area contributed by atoms with E-state index in [9.17, 15) is 4.79 Å². The summed E-state index contributed by atoms with van der Waals surface area (Å²) in [7, 11) is 0. The molecule has 1 atom stereocenters. The van der Waals surface area contributed by atoms with Crippen LogP contribution in [0.5, 0.6) is 0 Å². The fourth-order valence-electron chi connectivity index (χ4n) is 1.19. The van der Waals surface area contributed by atoms with E-state index >= 15 is 0 Å². The highest BCUT2D eigenvalue weighted by Gasteiger charge is 2.22. The minimum atomic E-state index is -1.16. The van der Waals surface area contributed by atoms with Crippen LogP contribution in [0, 0.1) is 0 Å². The van der Waals surface area contributed by atoms with Gasteiger partial charge in [-0.05, 0) is 5.16 Å². The van der Waals surface area contributed by atoms with Crippen LogP contribution in [0.4, 0.5) is 0 Å². The Hall–Kier alpha value is -1.08. The monoisotopic (exact) mass is 215 g/mol. The lowest BCUT2D eigenvalue weighted by molar-refractivity contribution is 0.0680. The summed E-state index contributed by atoms with van der Waals surface area (Å²) in [5, 5.41) is 15.1. The number of hydrogen-bond donors (Lipinski definition) is 2. The van der Waals surface area contributed by atoms with Crippen LogP contribution in [-0.2, 0) is 0 Å². The molecule has 0 aliphatic carbocycles. The zero-order valence-electron chi connectivity index (χ0n) is 7.27. The van der Waals surface area contributed by atoms with E-state index in [-0.39, 0.29) is 11.9 Å². The molecule has 1 aliphatic rings. The molecule has 14 heavy (non-hydrogen) atoms. The number of rotatable bonds is 2. The van der Waals surface area contributed by atoms with Gasteiger partial charge in [-0.25, -0.2) is 4.79 Å². The van der Waals surface area contributed by atoms with Crippen molar-refractivity contribution in [1.29, 1.82) is 0 Å². The lowest BCUT2D eigenvalue weighted by Gasteiger charge is -2.19. The largest absolute Gasteiger partial charge is 0.475 e. The molecule has 0 amide bonds. The summed E-state index contributed by atoms with van der Waals surface area (Å²) >= 11 is 1.78. The molecule has 1 saturated heterocycles. The van der Waals surface area contributed by atoms with Gasteiger partial charge in [0.1, 0.15) is 0 Å². The summed E-state index contributed by atoms with van der Waals surface area (Å²) in [4.78, 5) is 14.3. The van der Waals surface area contributed by atoms with E-state index in [1.54, 1.807) is 11.8 Å². The highest BCUT2D eigenvalue weighted by Crippen LogP contribution is 2.20. The van der Waals surface area contributed by atoms with Gasteiger partial charge in [-0.1, -0.05) is 0 Å². The van der Waals surface area contributed by atoms with E-state index in [1.165, 1.54) is 0 Å². The molecule has 7 heteroatoms. The number of nitrogens with one attached hydrogen (secondary N) is 1. The molecule has 1 aromatic rings. The van der Waals surface area contributed by atoms with Gasteiger partial charge in [0.2, 0.25) is 5.89 Å². The fraction of sp³-hybridized carbons (Fsp3) is 0.571. The number of nitrogens with zero attached hydrogens (tertiary/aromatic N) is 2. The van der Waals surface area contributed by atoms with Crippen molar-refractivity contribution >= 4 is 17.7 Å². The summed E-state index contributed by atoms with van der Waals surface area (Å²) in [6.45, 7) is 0.875. The average Bonchev–Trinajstić information content (AvgIpc) is 2.68. The molecule has 76 valence electrons. The minimum absolute atomic E-state index is 0.0191. The Morgan fingerprint density at radius 2 is 2.57 bits per heavy atom. The highest BCUT2D eigenvalue weighted by atomic mass is 32.2. The van der Waals surface area contributed by atoms with Crippen LogP contribution >= 0.6 is 11.8 Å². The molecule has 0 radical (unpaired) electrons. The maximum atomic E-state index is 10.5. The van der Waals surface area contributed by atoms with E-state index in [4.69, 9.17) is 9.63 Å². The van der Waals surface area contributed by atoms with Gasteiger partial charge >= 0.3 is 5.97 Å². The Morgan fingerprint density at radius 1 is 1.71 bits per heavy atom. The van der Waals surface area contributed by atoms with E-state index in [0.29, 0.717) is 5.89 Å². The predicted octanol–water partition coefficient (Wildman–Crippen LogP) is 0.145. The summed E-state index contributed by atoms with van der Waals surface area (Å²) in [6.07, 6.45) is 0. The van der Waals surface area contributed by atoms with Crippen LogP contribution in [0.2, 0.25) is 0 Å². The SMILES string of the molecule is O=C(O)c1noc(C2CSCCN2)n1. The zero-order valence-corrected chi connectivity index (χ0v) is 8.08. The quantitative estimate of drug-likeness (QED) is 0.725. The van der Waals surface area contributed by atoms with Crippen LogP contribution in [0.3, 0.4) is 0 Å². The van der Waals surface area contributed by atoms with Crippen molar-refractivity contribution in [2.24, 2.45) is 0 Å². The van der Waals surface area contributed by atoms with Gasteiger partial charge in [0.25, 0.3) is 5.82 Å². The van der Waals surface area contributed by atoms with Crippen LogP contribution < -0.4 is 5.32 Å². The molecular weight excluding hydrogens is 206 g/mol. The van der Waals surface area contributed by atoms with Crippen molar-refractivity contribution in [3.05, 3.63) is 11.7 Å². The molecule has 2 N–H and O–H groups in total. The van der Waals surface area contributed by atoms with Crippen molar-refractivity contribution in [3.63, 3.8) is 0 Å². The topological polar surface area (TPSA) is 88.2 Å². The number of thioether (sulfide) groups is 1. The lowest BCUT2D eigenvalue weighted by Crippen LogP contribution is -2.30. The molecule has 2 rings (SSSR count). The van der Waals surface area contributed by atoms with Crippen LogP contribution in [-0.4, -0.2) is 39.3 Å². The first-order chi connectivity index (χ1) is 6.77. The highest BCUT2D eigenvalue weighted by molar-refractivity contribution is 7.99. The molecule has 1 fully saturated rings. The van der Waals surface area contributed by atoms with E-state index in [2.05, 4.69) is 15.5 Å². The van der Waals surface area contributed by atoms with Gasteiger partial charge in [0.05, 0.1) is 6.04 Å². The Balaban J connectivity index is 2.11. The average molecular weight is 215 g/mol. The van der Waals surface area contributed by atoms with Gasteiger partial charge < -0.3 is 14.9 Å². The minimum Gasteiger partial charge on any atom is -0.475 e. The maximum Gasteiger partial charge on any atom is 0.377 e. The molecule has 1 aromatic heterocycles. The molecular formula is C7H9N3O3S. The predicted molar refractivity (Wildman–Crippen MR) is 49.3 cm³/mol. The van der Waals surface area contributed by atoms with Crippen LogP contribution in [0.25, 0.3) is 0 Å². The Kier molecular flexibility index (Phi) is 2.69. The second kappa shape index (κ2) is 3.97. The lowest BCUT2D eigenvalue weighted by atomic mass is 10.3. The second-order valence-electron chi connectivity index (χ2n) is 2.84. The van der Waals surface area contributed by atoms with Crippen molar-refractivity contribution < 1.29 is 14.4 Å². The Bertz CT molecular complexity index is 335. The molecule has 0 spiro atoms. The fourth-order valence-corrected chi connectivity index (χ4v) is 2.11. The number of aromatic carboxylic acids is 1. The number of hydrogen-bond acceptors (Lipinski definition) is 6. The van der Waals surface area contributed by atoms with Crippen molar-refractivity contribution in [1.82, 2.24) is 15.5 Å². The third-order valence-corrected chi connectivity index (χ3v) is 2.91. The van der Waals surface area contributed by atoms with E-state index in [1.807, 2.05) is 0 Å². The Morgan fingerprint density at radius 3 is 3.14 bits per heavy atom. The first-order valence-corrected chi connectivity index (χ1v) is 5.31. The Labute approximate surface area is 84.1 Å². The van der Waals surface area contributed by atoms with E-state index < -0.39 is 5.97 Å². The van der Waals surface area contributed by atoms with Crippen LogP contribution in [0.1, 0.15) is 22.6 Å². The smallest absolute Gasteiger partial charge is 0.377 e. The van der Waals surface area contributed by atoms with Gasteiger partial charge in [0, 0.05) is 18.1 Å². The second-order valence-corrected chi connectivity index (χ2v) is 3.99. The summed E-state index contributed by atoms with van der Waals surface area (Å²) in [5.41, 5.74) is 0. The molecule has 0 aromatic carbocycles. The van der Waals surface area contributed by atoms with Crippen molar-refractivity contribution in [2.45, 2.75) is 6.04 Å². The van der Waals surface area contributed by atoms with Crippen molar-refractivity contribution in [3.8, 4) is 0 Å². The third-order valence-electron chi connectivity index (χ3n) is 1.85. The first kappa shape index (κ1) is 9.47. The van der Waals surface area contributed by atoms with Gasteiger partial charge in [-0.2, -0.15) is 16.7 Å². The number of aromatic nitrogens is 2. The zero-order chi connectivity index (χ0) is 9.97. The normalized spacial score (nSPS) is 22.1. The molecule has 0 bridgehead atoms. The maximum absolute atomic E-state index is 10.5. The molecule has 2 heterocycles. The number of carboxylic acid groups (broad SMARTS) is 1. The van der Waals surface area contributed by atoms with Gasteiger partial charge in [0.15, 0.2) is 0 Å². The third kappa shape index (κ3) is 1.88. The van der Waals surface area contributed by atoms with Crippen LogP contribution in [0.15, 0.2) is 4.52 Å². The summed E-state index contributed by atoms with van der Waals surface area (Å²) in [6, 6.07) is -0.0191. The molecule has 1 aliphatic heterocycles. The van der Waals surface area contributed by atoms with Gasteiger partial charge in [-0.3, -0.25) is 0 Å². The van der Waals surface area contributed by atoms with Gasteiger partial charge in [-0.15, -0.1) is 0 Å². The molecule has 0 saturated carbocycles. The van der Waals surface area contributed by atoms with E-state index in [0.717, 1.165) is 18.1 Å². The summed E-state index contributed by atoms with van der Waals surface area (Å²) < 4.78 is 4.85. The molecule has 1 unspecified atom stereocenters. The number of carbonyl (C=O) groups is 1. The summed E-state index contributed by atoms with van der Waals surface area (Å²) in [5.74, 6) is 0.799. The number of carboxylic acids is 1. The van der Waals surface area contributed by atoms with Crippen molar-refractivity contribution in [2.75, 3.05) is 18.1 Å². The molecule has 6 nitrogen and oxygen atoms in total.